The van der Waals surface area contributed by atoms with Gasteiger partial charge in [-0.15, -0.1) is 0 Å². The van der Waals surface area contributed by atoms with E-state index < -0.39 is 0 Å². The van der Waals surface area contributed by atoms with Crippen LogP contribution in [0.1, 0.15) is 5.56 Å². The Kier molecular flexibility index (Phi) is 2.70. The van der Waals surface area contributed by atoms with E-state index in [0.717, 1.165) is 22.7 Å². The highest BCUT2D eigenvalue weighted by molar-refractivity contribution is 5.60. The minimum atomic E-state index is 0.567. The lowest BCUT2D eigenvalue weighted by Gasteiger charge is -2.09. The maximum atomic E-state index is 5.58. The number of rotatable bonds is 3. The van der Waals surface area contributed by atoms with Gasteiger partial charge < -0.3 is 11.1 Å². The van der Waals surface area contributed by atoms with Crippen molar-refractivity contribution >= 4 is 17.2 Å². The van der Waals surface area contributed by atoms with Crippen LogP contribution >= 0.6 is 0 Å². The highest BCUT2D eigenvalue weighted by Gasteiger charge is 2.00. The molecule has 2 aromatic heterocycles. The molecule has 90 valence electrons. The molecule has 18 heavy (non-hydrogen) atoms. The zero-order valence-corrected chi connectivity index (χ0v) is 9.88. The SMILES string of the molecule is NCc1ccc(Nc2cccc3nccn23)cc1. The van der Waals surface area contributed by atoms with Crippen molar-refractivity contribution < 1.29 is 0 Å². The summed E-state index contributed by atoms with van der Waals surface area (Å²) in [6.45, 7) is 0.567. The van der Waals surface area contributed by atoms with E-state index in [0.29, 0.717) is 6.54 Å². The topological polar surface area (TPSA) is 55.3 Å². The van der Waals surface area contributed by atoms with Gasteiger partial charge in [0.1, 0.15) is 11.5 Å². The zero-order valence-electron chi connectivity index (χ0n) is 9.88. The number of nitrogens with two attached hydrogens (primary N) is 1. The average Bonchev–Trinajstić information content (AvgIpc) is 2.89. The second-order valence-corrected chi connectivity index (χ2v) is 4.09. The molecule has 0 radical (unpaired) electrons. The monoisotopic (exact) mass is 238 g/mol. The van der Waals surface area contributed by atoms with Gasteiger partial charge in [0.2, 0.25) is 0 Å². The number of hydrogen-bond donors (Lipinski definition) is 2. The Morgan fingerprint density at radius 3 is 2.72 bits per heavy atom. The Labute approximate surface area is 105 Å². The summed E-state index contributed by atoms with van der Waals surface area (Å²) in [5.41, 5.74) is 8.67. The van der Waals surface area contributed by atoms with Crippen molar-refractivity contribution in [3.63, 3.8) is 0 Å². The van der Waals surface area contributed by atoms with Crippen LogP contribution in [-0.2, 0) is 6.54 Å². The molecule has 0 fully saturated rings. The van der Waals surface area contributed by atoms with Gasteiger partial charge >= 0.3 is 0 Å². The van der Waals surface area contributed by atoms with Gasteiger partial charge in [0.15, 0.2) is 0 Å². The number of hydrogen-bond acceptors (Lipinski definition) is 3. The predicted octanol–water partition coefficient (Wildman–Crippen LogP) is 2.54. The Morgan fingerprint density at radius 1 is 1.11 bits per heavy atom. The summed E-state index contributed by atoms with van der Waals surface area (Å²) < 4.78 is 2.01. The maximum absolute atomic E-state index is 5.58. The summed E-state index contributed by atoms with van der Waals surface area (Å²) >= 11 is 0. The molecule has 3 rings (SSSR count). The van der Waals surface area contributed by atoms with E-state index in [1.165, 1.54) is 0 Å². The molecule has 0 unspecified atom stereocenters. The quantitative estimate of drug-likeness (QED) is 0.737. The average molecular weight is 238 g/mol. The third kappa shape index (κ3) is 1.94. The van der Waals surface area contributed by atoms with Gasteiger partial charge in [0, 0.05) is 24.6 Å². The molecule has 4 nitrogen and oxygen atoms in total. The lowest BCUT2D eigenvalue weighted by molar-refractivity contribution is 1.07. The fourth-order valence-corrected chi connectivity index (χ4v) is 1.92. The van der Waals surface area contributed by atoms with Crippen LogP contribution < -0.4 is 11.1 Å². The summed E-state index contributed by atoms with van der Waals surface area (Å²) in [5, 5.41) is 3.37. The standard InChI is InChI=1S/C14H14N4/c15-10-11-4-6-12(7-5-11)17-14-3-1-2-13-16-8-9-18(13)14/h1-9,17H,10,15H2. The van der Waals surface area contributed by atoms with E-state index in [2.05, 4.69) is 10.3 Å². The number of pyridine rings is 1. The summed E-state index contributed by atoms with van der Waals surface area (Å²) in [6.07, 6.45) is 3.73. The number of fused-ring (bicyclic) bond motifs is 1. The maximum Gasteiger partial charge on any atom is 0.138 e. The number of anilines is 2. The molecule has 0 bridgehead atoms. The first kappa shape index (κ1) is 10.8. The molecule has 4 heteroatoms. The minimum absolute atomic E-state index is 0.567. The van der Waals surface area contributed by atoms with Gasteiger partial charge in [0.05, 0.1) is 0 Å². The first-order chi connectivity index (χ1) is 8.86. The molecule has 3 N–H and O–H groups in total. The van der Waals surface area contributed by atoms with Crippen LogP contribution in [0.3, 0.4) is 0 Å². The number of benzene rings is 1. The zero-order chi connectivity index (χ0) is 12.4. The molecular formula is C14H14N4. The van der Waals surface area contributed by atoms with E-state index >= 15 is 0 Å². The third-order valence-corrected chi connectivity index (χ3v) is 2.89. The molecule has 1 aromatic carbocycles. The van der Waals surface area contributed by atoms with Crippen LogP contribution in [0.4, 0.5) is 11.5 Å². The van der Waals surface area contributed by atoms with Gasteiger partial charge in [-0.25, -0.2) is 4.98 Å². The van der Waals surface area contributed by atoms with Crippen LogP contribution in [0.5, 0.6) is 0 Å². The van der Waals surface area contributed by atoms with Gasteiger partial charge in [-0.05, 0) is 29.8 Å². The van der Waals surface area contributed by atoms with Gasteiger partial charge in [-0.2, -0.15) is 0 Å². The summed E-state index contributed by atoms with van der Waals surface area (Å²) in [5.74, 6) is 0.991. The van der Waals surface area contributed by atoms with Crippen LogP contribution in [0, 0.1) is 0 Å². The van der Waals surface area contributed by atoms with Gasteiger partial charge in [-0.1, -0.05) is 18.2 Å². The lowest BCUT2D eigenvalue weighted by atomic mass is 10.2. The third-order valence-electron chi connectivity index (χ3n) is 2.89. The van der Waals surface area contributed by atoms with Crippen LogP contribution in [-0.4, -0.2) is 9.38 Å². The Balaban J connectivity index is 1.93. The number of nitrogens with zero attached hydrogens (tertiary/aromatic N) is 2. The van der Waals surface area contributed by atoms with Gasteiger partial charge in [-0.3, -0.25) is 4.40 Å². The summed E-state index contributed by atoms with van der Waals surface area (Å²) in [4.78, 5) is 4.25. The van der Waals surface area contributed by atoms with Crippen LogP contribution in [0.2, 0.25) is 0 Å². The highest BCUT2D eigenvalue weighted by atomic mass is 15.1. The molecule has 0 aliphatic carbocycles. The van der Waals surface area contributed by atoms with E-state index in [4.69, 9.17) is 5.73 Å². The van der Waals surface area contributed by atoms with Crippen molar-refractivity contribution in [2.75, 3.05) is 5.32 Å². The predicted molar refractivity (Wildman–Crippen MR) is 72.8 cm³/mol. The molecule has 0 aliphatic heterocycles. The molecule has 2 heterocycles. The number of nitrogens with one attached hydrogen (secondary N) is 1. The minimum Gasteiger partial charge on any atom is -0.341 e. The number of aromatic nitrogens is 2. The first-order valence-electron chi connectivity index (χ1n) is 5.85. The number of imidazole rings is 1. The molecule has 3 aromatic rings. The highest BCUT2D eigenvalue weighted by Crippen LogP contribution is 2.18. The van der Waals surface area contributed by atoms with Crippen LogP contribution in [0.15, 0.2) is 54.9 Å². The van der Waals surface area contributed by atoms with Gasteiger partial charge in [0.25, 0.3) is 0 Å². The van der Waals surface area contributed by atoms with E-state index in [9.17, 15) is 0 Å². The lowest BCUT2D eigenvalue weighted by Crippen LogP contribution is -1.99. The fourth-order valence-electron chi connectivity index (χ4n) is 1.92. The van der Waals surface area contributed by atoms with E-state index in [1.807, 2.05) is 53.1 Å². The summed E-state index contributed by atoms with van der Waals surface area (Å²) in [6, 6.07) is 14.1. The molecule has 0 atom stereocenters. The Morgan fingerprint density at radius 2 is 1.94 bits per heavy atom. The molecule has 0 aliphatic rings. The molecule has 0 saturated carbocycles. The second kappa shape index (κ2) is 4.50. The van der Waals surface area contributed by atoms with E-state index in [1.54, 1.807) is 6.20 Å². The second-order valence-electron chi connectivity index (χ2n) is 4.09. The smallest absolute Gasteiger partial charge is 0.138 e. The summed E-state index contributed by atoms with van der Waals surface area (Å²) in [7, 11) is 0. The van der Waals surface area contributed by atoms with Crippen molar-refractivity contribution in [3.8, 4) is 0 Å². The van der Waals surface area contributed by atoms with Crippen molar-refractivity contribution in [1.29, 1.82) is 0 Å². The fraction of sp³-hybridized carbons (Fsp3) is 0.0714. The van der Waals surface area contributed by atoms with Crippen molar-refractivity contribution in [1.82, 2.24) is 9.38 Å². The van der Waals surface area contributed by atoms with E-state index in [-0.39, 0.29) is 0 Å². The Hall–Kier alpha value is -2.33. The largest absolute Gasteiger partial charge is 0.341 e. The first-order valence-corrected chi connectivity index (χ1v) is 5.85. The Bertz CT molecular complexity index is 655. The van der Waals surface area contributed by atoms with Crippen molar-refractivity contribution in [3.05, 3.63) is 60.4 Å². The molecule has 0 saturated heterocycles. The normalized spacial score (nSPS) is 10.7. The van der Waals surface area contributed by atoms with Crippen molar-refractivity contribution in [2.24, 2.45) is 5.73 Å². The molecule has 0 spiro atoms. The molecular weight excluding hydrogens is 224 g/mol. The molecule has 0 amide bonds. The van der Waals surface area contributed by atoms with Crippen LogP contribution in [0.25, 0.3) is 5.65 Å². The van der Waals surface area contributed by atoms with Crippen molar-refractivity contribution in [2.45, 2.75) is 6.54 Å².